The van der Waals surface area contributed by atoms with Gasteiger partial charge in [-0.15, -0.1) is 11.3 Å². The third-order valence-corrected chi connectivity index (χ3v) is 5.30. The fourth-order valence-corrected chi connectivity index (χ4v) is 3.85. The number of aromatic nitrogens is 2. The largest absolute Gasteiger partial charge is 0.398 e. The molecule has 0 saturated heterocycles. The van der Waals surface area contributed by atoms with Crippen molar-refractivity contribution in [2.75, 3.05) is 5.73 Å². The molecule has 27 heavy (non-hydrogen) atoms. The summed E-state index contributed by atoms with van der Waals surface area (Å²) in [7, 11) is 0. The van der Waals surface area contributed by atoms with Crippen LogP contribution in [0, 0.1) is 5.82 Å². The summed E-state index contributed by atoms with van der Waals surface area (Å²) in [5.74, 6) is -0.196. The van der Waals surface area contributed by atoms with E-state index in [0.717, 1.165) is 4.88 Å². The van der Waals surface area contributed by atoms with Crippen molar-refractivity contribution in [2.45, 2.75) is 6.10 Å². The summed E-state index contributed by atoms with van der Waals surface area (Å²) in [6.45, 7) is 0. The summed E-state index contributed by atoms with van der Waals surface area (Å²) in [5, 5.41) is 15.2. The third kappa shape index (κ3) is 3.32. The minimum atomic E-state index is -1.07. The first-order chi connectivity index (χ1) is 13.0. The highest BCUT2D eigenvalue weighted by Gasteiger charge is 2.28. The second-order valence-electron chi connectivity index (χ2n) is 5.80. The summed E-state index contributed by atoms with van der Waals surface area (Å²) < 4.78 is 19.6. The first-order valence-electron chi connectivity index (χ1n) is 7.93. The average Bonchev–Trinajstić information content (AvgIpc) is 3.28. The molecule has 136 valence electrons. The van der Waals surface area contributed by atoms with E-state index in [1.165, 1.54) is 29.5 Å². The van der Waals surface area contributed by atoms with Gasteiger partial charge in [0.1, 0.15) is 17.6 Å². The Hall–Kier alpha value is -2.74. The highest BCUT2D eigenvalue weighted by atomic mass is 35.5. The highest BCUT2D eigenvalue weighted by molar-refractivity contribution is 7.19. The lowest BCUT2D eigenvalue weighted by atomic mass is 9.96. The van der Waals surface area contributed by atoms with Gasteiger partial charge in [-0.1, -0.05) is 22.8 Å². The van der Waals surface area contributed by atoms with Gasteiger partial charge in [0.05, 0.1) is 14.8 Å². The fourth-order valence-electron chi connectivity index (χ4n) is 2.81. The minimum absolute atomic E-state index is 0.182. The van der Waals surface area contributed by atoms with Crippen molar-refractivity contribution < 1.29 is 14.0 Å². The molecule has 4 rings (SSSR count). The van der Waals surface area contributed by atoms with Crippen LogP contribution >= 0.6 is 22.9 Å². The van der Waals surface area contributed by atoms with Crippen LogP contribution in [0.1, 0.15) is 17.2 Å². The van der Waals surface area contributed by atoms with Crippen molar-refractivity contribution in [1.82, 2.24) is 10.1 Å². The van der Waals surface area contributed by atoms with Crippen molar-refractivity contribution in [3.05, 3.63) is 76.1 Å². The maximum absolute atomic E-state index is 13.5. The maximum atomic E-state index is 13.5. The Kier molecular flexibility index (Phi) is 4.65. The molecule has 3 heterocycles. The SMILES string of the molecule is Nc1cc(F)ccc1-c1onc(-c2ccc(Cl)s2)c1C(O)c1cccnc1. The van der Waals surface area contributed by atoms with Crippen molar-refractivity contribution in [2.24, 2.45) is 0 Å². The average molecular weight is 402 g/mol. The molecule has 0 spiro atoms. The molecular weight excluding hydrogens is 389 g/mol. The van der Waals surface area contributed by atoms with Crippen molar-refractivity contribution >= 4 is 28.6 Å². The Morgan fingerprint density at radius 2 is 2.07 bits per heavy atom. The first kappa shape index (κ1) is 17.7. The number of halogens is 2. The standard InChI is InChI=1S/C19H13ClFN3O2S/c20-15-6-5-14(27-15)17-16(18(25)10-2-1-7-23-9-10)19(26-24-17)12-4-3-11(21)8-13(12)22/h1-9,18,25H,22H2. The first-order valence-corrected chi connectivity index (χ1v) is 9.12. The van der Waals surface area contributed by atoms with E-state index in [4.69, 9.17) is 21.9 Å². The number of nitrogens with two attached hydrogens (primary N) is 1. The number of benzene rings is 1. The Morgan fingerprint density at radius 1 is 1.22 bits per heavy atom. The van der Waals surface area contributed by atoms with Gasteiger partial charge in [-0.3, -0.25) is 4.98 Å². The normalized spacial score (nSPS) is 12.3. The number of nitrogen functional groups attached to an aromatic ring is 1. The zero-order chi connectivity index (χ0) is 19.0. The van der Waals surface area contributed by atoms with Gasteiger partial charge in [0.25, 0.3) is 0 Å². The second-order valence-corrected chi connectivity index (χ2v) is 7.51. The van der Waals surface area contributed by atoms with E-state index in [1.54, 1.807) is 36.7 Å². The molecular formula is C19H13ClFN3O2S. The van der Waals surface area contributed by atoms with Gasteiger partial charge in [0.15, 0.2) is 5.76 Å². The number of anilines is 1. The summed E-state index contributed by atoms with van der Waals surface area (Å²) in [6, 6.07) is 11.0. The molecule has 3 aromatic heterocycles. The van der Waals surface area contributed by atoms with Crippen LogP contribution in [0.3, 0.4) is 0 Å². The van der Waals surface area contributed by atoms with Gasteiger partial charge in [0, 0.05) is 29.2 Å². The molecule has 5 nitrogen and oxygen atoms in total. The lowest BCUT2D eigenvalue weighted by molar-refractivity contribution is 0.220. The number of pyridine rings is 1. The van der Waals surface area contributed by atoms with Crippen molar-refractivity contribution in [3.8, 4) is 21.9 Å². The molecule has 0 radical (unpaired) electrons. The monoisotopic (exact) mass is 401 g/mol. The number of hydrogen-bond acceptors (Lipinski definition) is 6. The number of thiophene rings is 1. The second kappa shape index (κ2) is 7.11. The molecule has 3 N–H and O–H groups in total. The molecule has 1 atom stereocenters. The third-order valence-electron chi connectivity index (χ3n) is 4.07. The van der Waals surface area contributed by atoms with Crippen molar-refractivity contribution in [3.63, 3.8) is 0 Å². The number of nitrogens with zero attached hydrogens (tertiary/aromatic N) is 2. The van der Waals surface area contributed by atoms with E-state index in [-0.39, 0.29) is 11.4 Å². The van der Waals surface area contributed by atoms with Crippen LogP contribution in [0.5, 0.6) is 0 Å². The Morgan fingerprint density at radius 3 is 2.74 bits per heavy atom. The van der Waals surface area contributed by atoms with E-state index in [9.17, 15) is 9.50 Å². The summed E-state index contributed by atoms with van der Waals surface area (Å²) in [4.78, 5) is 4.78. The topological polar surface area (TPSA) is 85.2 Å². The lowest BCUT2D eigenvalue weighted by Gasteiger charge is -2.12. The zero-order valence-corrected chi connectivity index (χ0v) is 15.3. The molecule has 0 amide bonds. The molecule has 0 saturated carbocycles. The van der Waals surface area contributed by atoms with Crippen LogP contribution in [-0.4, -0.2) is 15.2 Å². The van der Waals surface area contributed by atoms with E-state index in [1.807, 2.05) is 0 Å². The van der Waals surface area contributed by atoms with Crippen LogP contribution in [0.25, 0.3) is 21.9 Å². The van der Waals surface area contributed by atoms with Gasteiger partial charge >= 0.3 is 0 Å². The van der Waals surface area contributed by atoms with Gasteiger partial charge in [-0.2, -0.15) is 0 Å². The molecule has 1 unspecified atom stereocenters. The van der Waals surface area contributed by atoms with Crippen LogP contribution in [-0.2, 0) is 0 Å². The molecule has 4 aromatic rings. The predicted octanol–water partition coefficient (Wildman–Crippen LogP) is 4.92. The van der Waals surface area contributed by atoms with E-state index in [2.05, 4.69) is 10.1 Å². The molecule has 0 aliphatic carbocycles. The number of aliphatic hydroxyl groups excluding tert-OH is 1. The highest BCUT2D eigenvalue weighted by Crippen LogP contribution is 2.43. The van der Waals surface area contributed by atoms with Crippen LogP contribution in [0.2, 0.25) is 4.34 Å². The van der Waals surface area contributed by atoms with Gasteiger partial charge in [0.2, 0.25) is 0 Å². The van der Waals surface area contributed by atoms with Gasteiger partial charge < -0.3 is 15.4 Å². The Bertz CT molecular complexity index is 1100. The van der Waals surface area contributed by atoms with Crippen LogP contribution < -0.4 is 5.73 Å². The molecule has 8 heteroatoms. The molecule has 0 aliphatic rings. The van der Waals surface area contributed by atoms with Gasteiger partial charge in [-0.05, 0) is 36.4 Å². The molecule has 0 aliphatic heterocycles. The van der Waals surface area contributed by atoms with Crippen LogP contribution in [0.4, 0.5) is 10.1 Å². The lowest BCUT2D eigenvalue weighted by Crippen LogP contribution is -2.03. The number of hydrogen-bond donors (Lipinski definition) is 2. The Balaban J connectivity index is 1.93. The number of aliphatic hydroxyl groups is 1. The summed E-state index contributed by atoms with van der Waals surface area (Å²) in [5.41, 5.74) is 8.02. The summed E-state index contributed by atoms with van der Waals surface area (Å²) >= 11 is 7.36. The maximum Gasteiger partial charge on any atom is 0.175 e. The smallest absolute Gasteiger partial charge is 0.175 e. The number of rotatable bonds is 4. The van der Waals surface area contributed by atoms with E-state index >= 15 is 0 Å². The summed E-state index contributed by atoms with van der Waals surface area (Å²) in [6.07, 6.45) is 2.10. The fraction of sp³-hybridized carbons (Fsp3) is 0.0526. The van der Waals surface area contributed by atoms with E-state index < -0.39 is 11.9 Å². The zero-order valence-electron chi connectivity index (χ0n) is 13.8. The van der Waals surface area contributed by atoms with Gasteiger partial charge in [-0.25, -0.2) is 4.39 Å². The molecule has 0 fully saturated rings. The quantitative estimate of drug-likeness (QED) is 0.474. The Labute approximate surface area is 162 Å². The molecule has 1 aromatic carbocycles. The van der Waals surface area contributed by atoms with E-state index in [0.29, 0.717) is 26.7 Å². The molecule has 0 bridgehead atoms. The predicted molar refractivity (Wildman–Crippen MR) is 103 cm³/mol. The minimum Gasteiger partial charge on any atom is -0.398 e. The van der Waals surface area contributed by atoms with Crippen molar-refractivity contribution in [1.29, 1.82) is 0 Å². The van der Waals surface area contributed by atoms with Crippen LogP contribution in [0.15, 0.2) is 59.4 Å².